The lowest BCUT2D eigenvalue weighted by atomic mass is 9.68. The molecule has 15 heavy (non-hydrogen) atoms. The first-order valence-electron chi connectivity index (χ1n) is 5.66. The Bertz CT molecular complexity index is 343. The highest BCUT2D eigenvalue weighted by Gasteiger charge is 2.37. The van der Waals surface area contributed by atoms with Crippen molar-refractivity contribution >= 4 is 11.3 Å². The summed E-state index contributed by atoms with van der Waals surface area (Å²) >= 11 is 1.79. The highest BCUT2D eigenvalue weighted by atomic mass is 32.1. The van der Waals surface area contributed by atoms with E-state index in [1.54, 1.807) is 11.3 Å². The number of aromatic nitrogens is 1. The molecule has 2 unspecified atom stereocenters. The van der Waals surface area contributed by atoms with Crippen LogP contribution in [0, 0.1) is 12.3 Å². The molecule has 0 spiro atoms. The van der Waals surface area contributed by atoms with Crippen LogP contribution >= 0.6 is 11.3 Å². The van der Waals surface area contributed by atoms with Crippen molar-refractivity contribution in [2.45, 2.75) is 52.0 Å². The molecule has 2 rings (SSSR count). The third-order valence-corrected chi connectivity index (χ3v) is 4.65. The molecule has 2 nitrogen and oxygen atoms in total. The summed E-state index contributed by atoms with van der Waals surface area (Å²) in [5, 5.41) is 3.43. The van der Waals surface area contributed by atoms with Gasteiger partial charge in [0.1, 0.15) is 0 Å². The molecule has 2 N–H and O–H groups in total. The Morgan fingerprint density at radius 3 is 2.87 bits per heavy atom. The summed E-state index contributed by atoms with van der Waals surface area (Å²) in [6.07, 6.45) is 3.48. The van der Waals surface area contributed by atoms with E-state index in [9.17, 15) is 0 Å². The molecular formula is C12H20N2S. The second-order valence-corrected chi connectivity index (χ2v) is 6.29. The van der Waals surface area contributed by atoms with Crippen LogP contribution in [0.5, 0.6) is 0 Å². The van der Waals surface area contributed by atoms with Crippen LogP contribution in [0.2, 0.25) is 0 Å². The molecular weight excluding hydrogens is 204 g/mol. The minimum Gasteiger partial charge on any atom is -0.328 e. The summed E-state index contributed by atoms with van der Waals surface area (Å²) in [5.74, 6) is 0.556. The van der Waals surface area contributed by atoms with E-state index in [-0.39, 0.29) is 0 Å². The molecule has 1 aliphatic carbocycles. The standard InChI is InChI=1S/C12H20N2S/c1-8-7-15-11(14-8)10-6-9(13)4-5-12(10,2)3/h7,9-10H,4-6,13H2,1-3H3. The first kappa shape index (κ1) is 11.1. The molecule has 1 aromatic heterocycles. The predicted molar refractivity (Wildman–Crippen MR) is 65.2 cm³/mol. The van der Waals surface area contributed by atoms with Crippen LogP contribution in [0.1, 0.15) is 49.7 Å². The van der Waals surface area contributed by atoms with Crippen molar-refractivity contribution in [1.82, 2.24) is 4.98 Å². The van der Waals surface area contributed by atoms with Crippen molar-refractivity contribution < 1.29 is 0 Å². The molecule has 0 aliphatic heterocycles. The van der Waals surface area contributed by atoms with Gasteiger partial charge in [0.05, 0.1) is 5.01 Å². The van der Waals surface area contributed by atoms with Gasteiger partial charge in [-0.15, -0.1) is 11.3 Å². The molecule has 2 atom stereocenters. The highest BCUT2D eigenvalue weighted by molar-refractivity contribution is 7.09. The van der Waals surface area contributed by atoms with Gasteiger partial charge in [-0.3, -0.25) is 0 Å². The van der Waals surface area contributed by atoms with Gasteiger partial charge in [-0.1, -0.05) is 13.8 Å². The van der Waals surface area contributed by atoms with Crippen molar-refractivity contribution in [1.29, 1.82) is 0 Å². The summed E-state index contributed by atoms with van der Waals surface area (Å²) < 4.78 is 0. The average molecular weight is 224 g/mol. The fourth-order valence-electron chi connectivity index (χ4n) is 2.44. The van der Waals surface area contributed by atoms with Crippen LogP contribution < -0.4 is 5.73 Å². The predicted octanol–water partition coefficient (Wildman–Crippen LogP) is 3.07. The molecule has 0 radical (unpaired) electrons. The number of nitrogens with two attached hydrogens (primary N) is 1. The molecule has 84 valence electrons. The smallest absolute Gasteiger partial charge is 0.0965 e. The summed E-state index contributed by atoms with van der Waals surface area (Å²) in [6.45, 7) is 6.76. The number of rotatable bonds is 1. The van der Waals surface area contributed by atoms with Gasteiger partial charge in [0, 0.05) is 23.0 Å². The molecule has 1 saturated carbocycles. The SMILES string of the molecule is Cc1csc(C2CC(N)CCC2(C)C)n1. The largest absolute Gasteiger partial charge is 0.328 e. The summed E-state index contributed by atoms with van der Waals surface area (Å²) in [6, 6.07) is 0.368. The van der Waals surface area contributed by atoms with Crippen LogP contribution in [0.4, 0.5) is 0 Å². The first-order chi connectivity index (χ1) is 6.99. The van der Waals surface area contributed by atoms with E-state index in [2.05, 4.69) is 31.1 Å². The number of aryl methyl sites for hydroxylation is 1. The lowest BCUT2D eigenvalue weighted by molar-refractivity contribution is 0.182. The van der Waals surface area contributed by atoms with Crippen LogP contribution in [-0.4, -0.2) is 11.0 Å². The zero-order chi connectivity index (χ0) is 11.1. The van der Waals surface area contributed by atoms with Gasteiger partial charge in [-0.05, 0) is 31.6 Å². The lowest BCUT2D eigenvalue weighted by Crippen LogP contribution is -2.36. The Morgan fingerprint density at radius 1 is 1.53 bits per heavy atom. The average Bonchev–Trinajstić information content (AvgIpc) is 2.56. The Balaban J connectivity index is 2.25. The second kappa shape index (κ2) is 3.87. The van der Waals surface area contributed by atoms with Crippen molar-refractivity contribution in [3.8, 4) is 0 Å². The van der Waals surface area contributed by atoms with Gasteiger partial charge < -0.3 is 5.73 Å². The summed E-state index contributed by atoms with van der Waals surface area (Å²) in [7, 11) is 0. The molecule has 0 bridgehead atoms. The van der Waals surface area contributed by atoms with E-state index in [0.717, 1.165) is 18.5 Å². The molecule has 1 aromatic rings. The Morgan fingerprint density at radius 2 is 2.27 bits per heavy atom. The third-order valence-electron chi connectivity index (χ3n) is 3.58. The molecule has 0 aromatic carbocycles. The summed E-state index contributed by atoms with van der Waals surface area (Å²) in [4.78, 5) is 4.63. The van der Waals surface area contributed by atoms with Gasteiger partial charge in [0.2, 0.25) is 0 Å². The quantitative estimate of drug-likeness (QED) is 0.796. The lowest BCUT2D eigenvalue weighted by Gasteiger charge is -2.40. The van der Waals surface area contributed by atoms with Crippen LogP contribution in [0.3, 0.4) is 0 Å². The van der Waals surface area contributed by atoms with E-state index in [0.29, 0.717) is 17.4 Å². The molecule has 1 aliphatic rings. The summed E-state index contributed by atoms with van der Waals surface area (Å²) in [5.41, 5.74) is 7.57. The van der Waals surface area contributed by atoms with E-state index in [1.165, 1.54) is 11.4 Å². The first-order valence-corrected chi connectivity index (χ1v) is 6.54. The highest BCUT2D eigenvalue weighted by Crippen LogP contribution is 2.46. The van der Waals surface area contributed by atoms with Crippen LogP contribution in [-0.2, 0) is 0 Å². The van der Waals surface area contributed by atoms with Crippen molar-refractivity contribution in [3.63, 3.8) is 0 Å². The molecule has 1 fully saturated rings. The van der Waals surface area contributed by atoms with E-state index in [1.807, 2.05) is 0 Å². The Kier molecular flexibility index (Phi) is 2.86. The Hall–Kier alpha value is -0.410. The molecule has 0 amide bonds. The number of thiazole rings is 1. The van der Waals surface area contributed by atoms with Crippen molar-refractivity contribution in [2.24, 2.45) is 11.1 Å². The fraction of sp³-hybridized carbons (Fsp3) is 0.750. The maximum absolute atomic E-state index is 6.07. The van der Waals surface area contributed by atoms with Crippen LogP contribution in [0.25, 0.3) is 0 Å². The number of hydrogen-bond donors (Lipinski definition) is 1. The van der Waals surface area contributed by atoms with Gasteiger partial charge in [-0.25, -0.2) is 4.98 Å². The van der Waals surface area contributed by atoms with Crippen molar-refractivity contribution in [2.75, 3.05) is 0 Å². The molecule has 0 saturated heterocycles. The number of nitrogens with zero attached hydrogens (tertiary/aromatic N) is 1. The zero-order valence-electron chi connectivity index (χ0n) is 9.79. The van der Waals surface area contributed by atoms with E-state index in [4.69, 9.17) is 5.73 Å². The van der Waals surface area contributed by atoms with Gasteiger partial charge in [0.25, 0.3) is 0 Å². The van der Waals surface area contributed by atoms with E-state index < -0.39 is 0 Å². The topological polar surface area (TPSA) is 38.9 Å². The van der Waals surface area contributed by atoms with Gasteiger partial charge in [0.15, 0.2) is 0 Å². The third kappa shape index (κ3) is 2.23. The Labute approximate surface area is 95.9 Å². The van der Waals surface area contributed by atoms with Gasteiger partial charge >= 0.3 is 0 Å². The normalized spacial score (nSPS) is 30.4. The minimum absolute atomic E-state index is 0.361. The minimum atomic E-state index is 0.361. The maximum Gasteiger partial charge on any atom is 0.0965 e. The van der Waals surface area contributed by atoms with E-state index >= 15 is 0 Å². The molecule has 3 heteroatoms. The van der Waals surface area contributed by atoms with Crippen molar-refractivity contribution in [3.05, 3.63) is 16.1 Å². The monoisotopic (exact) mass is 224 g/mol. The molecule has 1 heterocycles. The fourth-order valence-corrected chi connectivity index (χ4v) is 3.56. The van der Waals surface area contributed by atoms with Crippen LogP contribution in [0.15, 0.2) is 5.38 Å². The zero-order valence-corrected chi connectivity index (χ0v) is 10.6. The van der Waals surface area contributed by atoms with Gasteiger partial charge in [-0.2, -0.15) is 0 Å². The second-order valence-electron chi connectivity index (χ2n) is 5.40. The number of hydrogen-bond acceptors (Lipinski definition) is 3. The maximum atomic E-state index is 6.07.